The molecule has 0 fully saturated rings. The molecule has 2 N–H and O–H groups in total. The van der Waals surface area contributed by atoms with Gasteiger partial charge in [-0.05, 0) is 36.2 Å². The summed E-state index contributed by atoms with van der Waals surface area (Å²) in [4.78, 5) is 11.5. The zero-order valence-corrected chi connectivity index (χ0v) is 11.2. The molecule has 19 heavy (non-hydrogen) atoms. The van der Waals surface area contributed by atoms with Crippen molar-refractivity contribution in [2.45, 2.75) is 13.5 Å². The van der Waals surface area contributed by atoms with E-state index < -0.39 is 0 Å². The number of fused-ring (bicyclic) bond motifs is 1. The summed E-state index contributed by atoms with van der Waals surface area (Å²) in [7, 11) is 0. The van der Waals surface area contributed by atoms with E-state index in [1.165, 1.54) is 0 Å². The molecular formula is C14H13ClN4. The molecule has 0 radical (unpaired) electrons. The maximum Gasteiger partial charge on any atom is 0.152 e. The maximum absolute atomic E-state index is 6.09. The average Bonchev–Trinajstić information content (AvgIpc) is 2.82. The molecule has 3 aromatic heterocycles. The van der Waals surface area contributed by atoms with Crippen molar-refractivity contribution in [1.82, 2.24) is 15.0 Å². The van der Waals surface area contributed by atoms with Crippen molar-refractivity contribution < 1.29 is 0 Å². The molecule has 96 valence electrons. The van der Waals surface area contributed by atoms with Crippen LogP contribution in [0, 0.1) is 6.92 Å². The number of aryl methyl sites for hydroxylation is 1. The van der Waals surface area contributed by atoms with Crippen LogP contribution in [-0.2, 0) is 6.54 Å². The van der Waals surface area contributed by atoms with E-state index in [-0.39, 0.29) is 0 Å². The fourth-order valence-corrected chi connectivity index (χ4v) is 2.35. The lowest BCUT2D eigenvalue weighted by atomic mass is 10.2. The SMILES string of the molecule is Cc1ccnc(Cl)c1NCc1c[nH]c2ncccc12. The quantitative estimate of drug-likeness (QED) is 0.717. The molecule has 0 aliphatic carbocycles. The highest BCUT2D eigenvalue weighted by Gasteiger charge is 2.07. The largest absolute Gasteiger partial charge is 0.378 e. The molecule has 5 heteroatoms. The highest BCUT2D eigenvalue weighted by molar-refractivity contribution is 6.32. The summed E-state index contributed by atoms with van der Waals surface area (Å²) in [5.41, 5.74) is 4.01. The Bertz CT molecular complexity index is 700. The molecule has 0 saturated carbocycles. The first-order valence-electron chi connectivity index (χ1n) is 6.01. The van der Waals surface area contributed by atoms with Crippen molar-refractivity contribution in [3.8, 4) is 0 Å². The van der Waals surface area contributed by atoms with Gasteiger partial charge in [-0.2, -0.15) is 0 Å². The maximum atomic E-state index is 6.09. The molecular weight excluding hydrogens is 260 g/mol. The number of nitrogens with zero attached hydrogens (tertiary/aromatic N) is 2. The van der Waals surface area contributed by atoms with Crippen LogP contribution >= 0.6 is 11.6 Å². The number of hydrogen-bond donors (Lipinski definition) is 2. The van der Waals surface area contributed by atoms with E-state index in [9.17, 15) is 0 Å². The Morgan fingerprint density at radius 2 is 2.16 bits per heavy atom. The monoisotopic (exact) mass is 272 g/mol. The molecule has 0 unspecified atom stereocenters. The molecule has 3 heterocycles. The van der Waals surface area contributed by atoms with Crippen LogP contribution < -0.4 is 5.32 Å². The van der Waals surface area contributed by atoms with Gasteiger partial charge in [0.05, 0.1) is 5.69 Å². The molecule has 3 rings (SSSR count). The fraction of sp³-hybridized carbons (Fsp3) is 0.143. The Morgan fingerprint density at radius 3 is 3.00 bits per heavy atom. The van der Waals surface area contributed by atoms with Crippen molar-refractivity contribution in [1.29, 1.82) is 0 Å². The van der Waals surface area contributed by atoms with Crippen molar-refractivity contribution in [3.05, 3.63) is 53.1 Å². The summed E-state index contributed by atoms with van der Waals surface area (Å²) >= 11 is 6.09. The molecule has 0 saturated heterocycles. The molecule has 0 aliphatic rings. The number of H-pyrrole nitrogens is 1. The van der Waals surface area contributed by atoms with E-state index in [4.69, 9.17) is 11.6 Å². The van der Waals surface area contributed by atoms with Gasteiger partial charge in [0.1, 0.15) is 5.65 Å². The third kappa shape index (κ3) is 2.27. The van der Waals surface area contributed by atoms with Gasteiger partial charge in [-0.3, -0.25) is 0 Å². The highest BCUT2D eigenvalue weighted by atomic mass is 35.5. The second-order valence-corrected chi connectivity index (χ2v) is 4.72. The van der Waals surface area contributed by atoms with Crippen LogP contribution in [-0.4, -0.2) is 15.0 Å². The van der Waals surface area contributed by atoms with Crippen LogP contribution in [0.3, 0.4) is 0 Å². The molecule has 0 aromatic carbocycles. The summed E-state index contributed by atoms with van der Waals surface area (Å²) in [6.07, 6.45) is 5.45. The lowest BCUT2D eigenvalue weighted by molar-refractivity contribution is 1.13. The van der Waals surface area contributed by atoms with Gasteiger partial charge in [-0.1, -0.05) is 11.6 Å². The third-order valence-electron chi connectivity index (χ3n) is 3.11. The second kappa shape index (κ2) is 4.90. The first-order valence-corrected chi connectivity index (χ1v) is 6.39. The topological polar surface area (TPSA) is 53.6 Å². The van der Waals surface area contributed by atoms with Gasteiger partial charge in [-0.25, -0.2) is 9.97 Å². The number of aromatic amines is 1. The van der Waals surface area contributed by atoms with Crippen LogP contribution in [0.2, 0.25) is 5.15 Å². The number of hydrogen-bond acceptors (Lipinski definition) is 3. The Labute approximate surface area is 115 Å². The molecule has 0 aliphatic heterocycles. The number of nitrogens with one attached hydrogen (secondary N) is 2. The molecule has 0 atom stereocenters. The van der Waals surface area contributed by atoms with Gasteiger partial charge < -0.3 is 10.3 Å². The Hall–Kier alpha value is -2.07. The lowest BCUT2D eigenvalue weighted by Crippen LogP contribution is -2.02. The van der Waals surface area contributed by atoms with Crippen molar-refractivity contribution in [2.75, 3.05) is 5.32 Å². The molecule has 0 bridgehead atoms. The smallest absolute Gasteiger partial charge is 0.152 e. The van der Waals surface area contributed by atoms with E-state index in [0.29, 0.717) is 11.7 Å². The van der Waals surface area contributed by atoms with Gasteiger partial charge in [-0.15, -0.1) is 0 Å². The number of pyridine rings is 2. The lowest BCUT2D eigenvalue weighted by Gasteiger charge is -2.09. The molecule has 4 nitrogen and oxygen atoms in total. The number of rotatable bonds is 3. The first-order chi connectivity index (χ1) is 9.25. The minimum atomic E-state index is 0.498. The van der Waals surface area contributed by atoms with E-state index in [1.807, 2.05) is 31.3 Å². The van der Waals surface area contributed by atoms with Crippen LogP contribution in [0.1, 0.15) is 11.1 Å². The molecule has 0 amide bonds. The average molecular weight is 273 g/mol. The van der Waals surface area contributed by atoms with Gasteiger partial charge in [0.25, 0.3) is 0 Å². The molecule has 0 spiro atoms. The van der Waals surface area contributed by atoms with Gasteiger partial charge in [0, 0.05) is 30.5 Å². The van der Waals surface area contributed by atoms with E-state index >= 15 is 0 Å². The summed E-state index contributed by atoms with van der Waals surface area (Å²) in [5.74, 6) is 0. The zero-order chi connectivity index (χ0) is 13.2. The third-order valence-corrected chi connectivity index (χ3v) is 3.39. The zero-order valence-electron chi connectivity index (χ0n) is 10.4. The van der Waals surface area contributed by atoms with Crippen LogP contribution in [0.25, 0.3) is 11.0 Å². The second-order valence-electron chi connectivity index (χ2n) is 4.36. The van der Waals surface area contributed by atoms with Gasteiger partial charge >= 0.3 is 0 Å². The van der Waals surface area contributed by atoms with Gasteiger partial charge in [0.2, 0.25) is 0 Å². The van der Waals surface area contributed by atoms with Crippen molar-refractivity contribution in [2.24, 2.45) is 0 Å². The minimum absolute atomic E-state index is 0.498. The predicted octanol–water partition coefficient (Wildman–Crippen LogP) is 3.53. The van der Waals surface area contributed by atoms with E-state index in [2.05, 4.69) is 20.3 Å². The Balaban J connectivity index is 1.87. The normalized spacial score (nSPS) is 10.8. The summed E-state index contributed by atoms with van der Waals surface area (Å²) in [6.45, 7) is 2.69. The summed E-state index contributed by atoms with van der Waals surface area (Å²) in [6, 6.07) is 5.92. The minimum Gasteiger partial charge on any atom is -0.378 e. The van der Waals surface area contributed by atoms with Crippen molar-refractivity contribution >= 4 is 28.3 Å². The number of halogens is 1. The highest BCUT2D eigenvalue weighted by Crippen LogP contribution is 2.24. The van der Waals surface area contributed by atoms with Crippen LogP contribution in [0.4, 0.5) is 5.69 Å². The predicted molar refractivity (Wildman–Crippen MR) is 77.4 cm³/mol. The number of aromatic nitrogens is 3. The summed E-state index contributed by atoms with van der Waals surface area (Å²) in [5, 5.41) is 4.95. The van der Waals surface area contributed by atoms with Crippen LogP contribution in [0.5, 0.6) is 0 Å². The van der Waals surface area contributed by atoms with Gasteiger partial charge in [0.15, 0.2) is 5.15 Å². The van der Waals surface area contributed by atoms with Crippen LogP contribution in [0.15, 0.2) is 36.8 Å². The van der Waals surface area contributed by atoms with E-state index in [1.54, 1.807) is 12.4 Å². The Morgan fingerprint density at radius 1 is 1.26 bits per heavy atom. The number of anilines is 1. The van der Waals surface area contributed by atoms with E-state index in [0.717, 1.165) is 27.8 Å². The van der Waals surface area contributed by atoms with Crippen molar-refractivity contribution in [3.63, 3.8) is 0 Å². The standard InChI is InChI=1S/C14H13ClN4/c1-9-4-6-16-13(15)12(9)18-7-10-8-19-14-11(10)3-2-5-17-14/h2-6,8,18H,7H2,1H3,(H,17,19). The molecule has 3 aromatic rings. The first kappa shape index (κ1) is 12.0. The summed E-state index contributed by atoms with van der Waals surface area (Å²) < 4.78 is 0. The fourth-order valence-electron chi connectivity index (χ4n) is 2.08. The Kier molecular flexibility index (Phi) is 3.09.